The topological polar surface area (TPSA) is 56.8 Å². The van der Waals surface area contributed by atoms with E-state index in [-0.39, 0.29) is 12.7 Å². The minimum atomic E-state index is -0.590. The third-order valence-corrected chi connectivity index (χ3v) is 3.73. The molecule has 1 N–H and O–H groups in total. The molecule has 2 aromatic carbocycles. The van der Waals surface area contributed by atoms with Gasteiger partial charge in [-0.3, -0.25) is 4.79 Å². The quantitative estimate of drug-likeness (QED) is 0.890. The zero-order chi connectivity index (χ0) is 16.1. The summed E-state index contributed by atoms with van der Waals surface area (Å²) in [6.45, 7) is 0.799. The highest BCUT2D eigenvalue weighted by molar-refractivity contribution is 5.82. The molecule has 1 aliphatic heterocycles. The van der Waals surface area contributed by atoms with Crippen LogP contribution in [-0.2, 0) is 16.0 Å². The SMILES string of the molecule is CO[C@H](C(=O)NCCc1ccc2c(c1)OCO2)c1ccccc1. The van der Waals surface area contributed by atoms with Crippen molar-refractivity contribution >= 4 is 5.91 Å². The highest BCUT2D eigenvalue weighted by Gasteiger charge is 2.19. The van der Waals surface area contributed by atoms with E-state index in [9.17, 15) is 4.79 Å². The molecule has 23 heavy (non-hydrogen) atoms. The third-order valence-electron chi connectivity index (χ3n) is 3.73. The predicted octanol–water partition coefficient (Wildman–Crippen LogP) is 2.46. The van der Waals surface area contributed by atoms with Gasteiger partial charge >= 0.3 is 0 Å². The van der Waals surface area contributed by atoms with Crippen molar-refractivity contribution < 1.29 is 19.0 Å². The minimum Gasteiger partial charge on any atom is -0.454 e. The van der Waals surface area contributed by atoms with Gasteiger partial charge in [-0.05, 0) is 29.7 Å². The van der Waals surface area contributed by atoms with Crippen molar-refractivity contribution in [2.24, 2.45) is 0 Å². The number of hydrogen-bond donors (Lipinski definition) is 1. The van der Waals surface area contributed by atoms with Crippen LogP contribution in [0.2, 0.25) is 0 Å². The second-order valence-electron chi connectivity index (χ2n) is 5.26. The molecular weight excluding hydrogens is 294 g/mol. The molecule has 0 saturated carbocycles. The van der Waals surface area contributed by atoms with Crippen molar-refractivity contribution in [1.29, 1.82) is 0 Å². The van der Waals surface area contributed by atoms with Crippen LogP contribution in [0, 0.1) is 0 Å². The number of rotatable bonds is 6. The molecule has 1 amide bonds. The van der Waals surface area contributed by atoms with Crippen LogP contribution in [0.15, 0.2) is 48.5 Å². The maximum absolute atomic E-state index is 12.3. The number of carbonyl (C=O) groups is 1. The zero-order valence-electron chi connectivity index (χ0n) is 13.0. The molecule has 0 aliphatic carbocycles. The summed E-state index contributed by atoms with van der Waals surface area (Å²) in [5, 5.41) is 2.91. The number of fused-ring (bicyclic) bond motifs is 1. The van der Waals surface area contributed by atoms with Gasteiger partial charge in [0.15, 0.2) is 17.6 Å². The van der Waals surface area contributed by atoms with E-state index in [0.717, 1.165) is 22.6 Å². The van der Waals surface area contributed by atoms with E-state index in [0.29, 0.717) is 13.0 Å². The highest BCUT2D eigenvalue weighted by Crippen LogP contribution is 2.32. The van der Waals surface area contributed by atoms with Crippen molar-refractivity contribution in [2.45, 2.75) is 12.5 Å². The summed E-state index contributed by atoms with van der Waals surface area (Å²) in [6, 6.07) is 15.3. The molecule has 0 spiro atoms. The molecule has 0 bridgehead atoms. The fourth-order valence-corrected chi connectivity index (χ4v) is 2.54. The summed E-state index contributed by atoms with van der Waals surface area (Å²) in [5.74, 6) is 1.38. The lowest BCUT2D eigenvalue weighted by Crippen LogP contribution is -2.31. The van der Waals surface area contributed by atoms with E-state index in [2.05, 4.69) is 5.32 Å². The van der Waals surface area contributed by atoms with Crippen molar-refractivity contribution in [3.8, 4) is 11.5 Å². The van der Waals surface area contributed by atoms with Gasteiger partial charge in [-0.15, -0.1) is 0 Å². The molecule has 120 valence electrons. The average Bonchev–Trinajstić information content (AvgIpc) is 3.04. The first-order valence-corrected chi connectivity index (χ1v) is 7.52. The third kappa shape index (κ3) is 3.63. The number of nitrogens with one attached hydrogen (secondary N) is 1. The van der Waals surface area contributed by atoms with E-state index >= 15 is 0 Å². The Kier molecular flexibility index (Phi) is 4.78. The Labute approximate surface area is 135 Å². The second-order valence-corrected chi connectivity index (χ2v) is 5.26. The molecule has 1 heterocycles. The van der Waals surface area contributed by atoms with Crippen LogP contribution in [0.5, 0.6) is 11.5 Å². The van der Waals surface area contributed by atoms with Gasteiger partial charge < -0.3 is 19.5 Å². The summed E-state index contributed by atoms with van der Waals surface area (Å²) in [5.41, 5.74) is 1.93. The second kappa shape index (κ2) is 7.15. The number of carbonyl (C=O) groups excluding carboxylic acids is 1. The monoisotopic (exact) mass is 313 g/mol. The van der Waals surface area contributed by atoms with Crippen LogP contribution < -0.4 is 14.8 Å². The fraction of sp³-hybridized carbons (Fsp3) is 0.278. The van der Waals surface area contributed by atoms with Crippen LogP contribution in [0.25, 0.3) is 0 Å². The molecule has 0 unspecified atom stereocenters. The molecule has 5 heteroatoms. The van der Waals surface area contributed by atoms with E-state index in [4.69, 9.17) is 14.2 Å². The van der Waals surface area contributed by atoms with Gasteiger partial charge in [-0.1, -0.05) is 36.4 Å². The summed E-state index contributed by atoms with van der Waals surface area (Å²) >= 11 is 0. The van der Waals surface area contributed by atoms with E-state index in [1.807, 2.05) is 48.5 Å². The molecule has 5 nitrogen and oxygen atoms in total. The first kappa shape index (κ1) is 15.4. The standard InChI is InChI=1S/C18H19NO4/c1-21-17(14-5-3-2-4-6-14)18(20)19-10-9-13-7-8-15-16(11-13)23-12-22-15/h2-8,11,17H,9-10,12H2,1H3,(H,19,20)/t17-/m0/s1. The lowest BCUT2D eigenvalue weighted by Gasteiger charge is -2.15. The predicted molar refractivity (Wildman–Crippen MR) is 85.5 cm³/mol. The first-order chi connectivity index (χ1) is 11.3. The number of methoxy groups -OCH3 is 1. The molecule has 0 saturated heterocycles. The number of hydrogen-bond acceptors (Lipinski definition) is 4. The van der Waals surface area contributed by atoms with Gasteiger partial charge in [0, 0.05) is 13.7 Å². The molecule has 0 radical (unpaired) electrons. The Morgan fingerprint density at radius 2 is 1.96 bits per heavy atom. The largest absolute Gasteiger partial charge is 0.454 e. The molecule has 1 atom stereocenters. The first-order valence-electron chi connectivity index (χ1n) is 7.52. The van der Waals surface area contributed by atoms with Crippen LogP contribution in [0.1, 0.15) is 17.2 Å². The van der Waals surface area contributed by atoms with Crippen LogP contribution in [0.4, 0.5) is 0 Å². The molecule has 0 fully saturated rings. The van der Waals surface area contributed by atoms with Crippen molar-refractivity contribution in [1.82, 2.24) is 5.32 Å². The zero-order valence-corrected chi connectivity index (χ0v) is 13.0. The van der Waals surface area contributed by atoms with Crippen molar-refractivity contribution in [3.63, 3.8) is 0 Å². The van der Waals surface area contributed by atoms with Crippen LogP contribution in [0.3, 0.4) is 0 Å². The van der Waals surface area contributed by atoms with E-state index in [1.165, 1.54) is 7.11 Å². The van der Waals surface area contributed by atoms with Gasteiger partial charge in [-0.2, -0.15) is 0 Å². The van der Waals surface area contributed by atoms with Crippen molar-refractivity contribution in [3.05, 3.63) is 59.7 Å². The summed E-state index contributed by atoms with van der Waals surface area (Å²) in [4.78, 5) is 12.3. The Morgan fingerprint density at radius 3 is 2.74 bits per heavy atom. The normalized spacial score (nSPS) is 13.6. The Morgan fingerprint density at radius 1 is 1.17 bits per heavy atom. The Balaban J connectivity index is 1.54. The molecule has 1 aliphatic rings. The maximum Gasteiger partial charge on any atom is 0.253 e. The number of amides is 1. The Bertz CT molecular complexity index is 672. The highest BCUT2D eigenvalue weighted by atomic mass is 16.7. The number of benzene rings is 2. The van der Waals surface area contributed by atoms with Crippen LogP contribution >= 0.6 is 0 Å². The molecule has 0 aromatic heterocycles. The maximum atomic E-state index is 12.3. The summed E-state index contributed by atoms with van der Waals surface area (Å²) < 4.78 is 15.9. The molecular formula is C18H19NO4. The Hall–Kier alpha value is -2.53. The average molecular weight is 313 g/mol. The smallest absolute Gasteiger partial charge is 0.253 e. The minimum absolute atomic E-state index is 0.139. The van der Waals surface area contributed by atoms with Crippen LogP contribution in [-0.4, -0.2) is 26.4 Å². The van der Waals surface area contributed by atoms with Gasteiger partial charge in [0.1, 0.15) is 0 Å². The van der Waals surface area contributed by atoms with E-state index < -0.39 is 6.10 Å². The number of ether oxygens (including phenoxy) is 3. The fourth-order valence-electron chi connectivity index (χ4n) is 2.54. The van der Waals surface area contributed by atoms with Gasteiger partial charge in [0.05, 0.1) is 0 Å². The van der Waals surface area contributed by atoms with E-state index in [1.54, 1.807) is 0 Å². The van der Waals surface area contributed by atoms with Gasteiger partial charge in [-0.25, -0.2) is 0 Å². The van der Waals surface area contributed by atoms with Gasteiger partial charge in [0.25, 0.3) is 5.91 Å². The molecule has 3 rings (SSSR count). The van der Waals surface area contributed by atoms with Crippen molar-refractivity contribution in [2.75, 3.05) is 20.4 Å². The summed E-state index contributed by atoms with van der Waals surface area (Å²) in [6.07, 6.45) is 0.126. The lowest BCUT2D eigenvalue weighted by atomic mass is 10.1. The summed E-state index contributed by atoms with van der Waals surface area (Å²) in [7, 11) is 1.54. The lowest BCUT2D eigenvalue weighted by molar-refractivity contribution is -0.131. The molecule has 2 aromatic rings. The van der Waals surface area contributed by atoms with Gasteiger partial charge in [0.2, 0.25) is 6.79 Å².